The third kappa shape index (κ3) is 3.55. The molecule has 1 atom stereocenters. The van der Waals surface area contributed by atoms with Crippen LogP contribution in [0.3, 0.4) is 0 Å². The second-order valence-corrected chi connectivity index (χ2v) is 4.70. The quantitative estimate of drug-likeness (QED) is 0.591. The molecule has 0 aliphatic heterocycles. The van der Waals surface area contributed by atoms with Crippen molar-refractivity contribution in [2.24, 2.45) is 5.73 Å². The van der Waals surface area contributed by atoms with Crippen molar-refractivity contribution in [2.45, 2.75) is 25.3 Å². The molecule has 0 bridgehead atoms. The number of nitrogens with two attached hydrogens (primary N) is 1. The Morgan fingerprint density at radius 3 is 2.68 bits per heavy atom. The summed E-state index contributed by atoms with van der Waals surface area (Å²) in [6.45, 7) is 0.680. The number of rotatable bonds is 7. The standard InChI is InChI=1S/C16H20N2O/c17-11-4-3-8-14(12-19)18-16-10-5-7-13-6-1-2-9-15(13)16/h1-2,5-7,9-10,12,14,18H,3-4,8,11,17H2/t14-/m0/s1. The Balaban J connectivity index is 2.13. The minimum atomic E-state index is -0.141. The molecule has 100 valence electrons. The summed E-state index contributed by atoms with van der Waals surface area (Å²) in [7, 11) is 0. The number of nitrogens with one attached hydrogen (secondary N) is 1. The van der Waals surface area contributed by atoms with Gasteiger partial charge in [0, 0.05) is 11.1 Å². The number of fused-ring (bicyclic) bond motifs is 1. The highest BCUT2D eigenvalue weighted by atomic mass is 16.1. The molecule has 0 aliphatic carbocycles. The maximum atomic E-state index is 11.1. The summed E-state index contributed by atoms with van der Waals surface area (Å²) in [5.74, 6) is 0. The van der Waals surface area contributed by atoms with E-state index in [9.17, 15) is 4.79 Å². The molecular weight excluding hydrogens is 236 g/mol. The van der Waals surface area contributed by atoms with Gasteiger partial charge in [-0.15, -0.1) is 0 Å². The van der Waals surface area contributed by atoms with Gasteiger partial charge < -0.3 is 15.8 Å². The Bertz CT molecular complexity index is 534. The molecule has 3 nitrogen and oxygen atoms in total. The Labute approximate surface area is 113 Å². The van der Waals surface area contributed by atoms with Gasteiger partial charge in [0.05, 0.1) is 6.04 Å². The first-order valence-electron chi connectivity index (χ1n) is 6.75. The van der Waals surface area contributed by atoms with E-state index < -0.39 is 0 Å². The first-order valence-corrected chi connectivity index (χ1v) is 6.75. The number of anilines is 1. The maximum Gasteiger partial charge on any atom is 0.142 e. The zero-order valence-corrected chi connectivity index (χ0v) is 11.0. The number of aldehydes is 1. The minimum absolute atomic E-state index is 0.141. The van der Waals surface area contributed by atoms with E-state index in [-0.39, 0.29) is 6.04 Å². The van der Waals surface area contributed by atoms with Crippen molar-refractivity contribution in [3.8, 4) is 0 Å². The molecule has 0 heterocycles. The van der Waals surface area contributed by atoms with Gasteiger partial charge in [-0.1, -0.05) is 36.4 Å². The van der Waals surface area contributed by atoms with Crippen LogP contribution in [0, 0.1) is 0 Å². The number of benzene rings is 2. The lowest BCUT2D eigenvalue weighted by Crippen LogP contribution is -2.21. The first-order chi connectivity index (χ1) is 9.35. The predicted molar refractivity (Wildman–Crippen MR) is 80.3 cm³/mol. The van der Waals surface area contributed by atoms with Crippen molar-refractivity contribution in [3.63, 3.8) is 0 Å². The Morgan fingerprint density at radius 2 is 1.89 bits per heavy atom. The molecule has 0 amide bonds. The summed E-state index contributed by atoms with van der Waals surface area (Å²) in [6, 6.07) is 14.1. The van der Waals surface area contributed by atoms with Gasteiger partial charge in [0.2, 0.25) is 0 Å². The SMILES string of the molecule is NCCCC[C@@H](C=O)Nc1cccc2ccccc12. The van der Waals surface area contributed by atoms with Crippen LogP contribution >= 0.6 is 0 Å². The lowest BCUT2D eigenvalue weighted by Gasteiger charge is -2.15. The molecule has 0 fully saturated rings. The van der Waals surface area contributed by atoms with Crippen molar-refractivity contribution < 1.29 is 4.79 Å². The van der Waals surface area contributed by atoms with Crippen molar-refractivity contribution in [2.75, 3.05) is 11.9 Å². The second-order valence-electron chi connectivity index (χ2n) is 4.70. The molecule has 0 aliphatic rings. The van der Waals surface area contributed by atoms with Gasteiger partial charge in [-0.2, -0.15) is 0 Å². The van der Waals surface area contributed by atoms with Gasteiger partial charge in [0.25, 0.3) is 0 Å². The van der Waals surface area contributed by atoms with Crippen LogP contribution in [0.15, 0.2) is 42.5 Å². The molecule has 0 radical (unpaired) electrons. The number of hydrogen-bond donors (Lipinski definition) is 2. The molecule has 0 unspecified atom stereocenters. The van der Waals surface area contributed by atoms with Crippen molar-refractivity contribution in [1.82, 2.24) is 0 Å². The fraction of sp³-hybridized carbons (Fsp3) is 0.312. The lowest BCUT2D eigenvalue weighted by molar-refractivity contribution is -0.108. The smallest absolute Gasteiger partial charge is 0.142 e. The van der Waals surface area contributed by atoms with Crippen LogP contribution in [0.5, 0.6) is 0 Å². The number of hydrogen-bond acceptors (Lipinski definition) is 3. The Hall–Kier alpha value is -1.87. The van der Waals surface area contributed by atoms with Gasteiger partial charge in [0.1, 0.15) is 6.29 Å². The topological polar surface area (TPSA) is 55.1 Å². The summed E-state index contributed by atoms with van der Waals surface area (Å²) in [5, 5.41) is 5.65. The van der Waals surface area contributed by atoms with Gasteiger partial charge in [0.15, 0.2) is 0 Å². The van der Waals surface area contributed by atoms with Crippen molar-refractivity contribution in [1.29, 1.82) is 0 Å². The van der Waals surface area contributed by atoms with Crippen LogP contribution in [-0.2, 0) is 4.79 Å². The zero-order valence-electron chi connectivity index (χ0n) is 11.0. The fourth-order valence-corrected chi connectivity index (χ4v) is 2.23. The molecule has 2 aromatic rings. The van der Waals surface area contributed by atoms with E-state index in [1.807, 2.05) is 24.3 Å². The van der Waals surface area contributed by atoms with E-state index in [4.69, 9.17) is 5.73 Å². The summed E-state index contributed by atoms with van der Waals surface area (Å²) >= 11 is 0. The van der Waals surface area contributed by atoms with Crippen LogP contribution in [0.2, 0.25) is 0 Å². The van der Waals surface area contributed by atoms with Gasteiger partial charge >= 0.3 is 0 Å². The first kappa shape index (κ1) is 13.6. The van der Waals surface area contributed by atoms with Crippen LogP contribution in [-0.4, -0.2) is 18.9 Å². The normalized spacial score (nSPS) is 12.3. The van der Waals surface area contributed by atoms with Crippen molar-refractivity contribution in [3.05, 3.63) is 42.5 Å². The van der Waals surface area contributed by atoms with Gasteiger partial charge in [-0.05, 0) is 37.3 Å². The molecule has 0 saturated carbocycles. The monoisotopic (exact) mass is 256 g/mol. The average molecular weight is 256 g/mol. The van der Waals surface area contributed by atoms with E-state index in [1.54, 1.807) is 0 Å². The van der Waals surface area contributed by atoms with Crippen LogP contribution in [0.4, 0.5) is 5.69 Å². The van der Waals surface area contributed by atoms with Crippen molar-refractivity contribution >= 4 is 22.7 Å². The summed E-state index contributed by atoms with van der Waals surface area (Å²) in [4.78, 5) is 11.1. The Morgan fingerprint density at radius 1 is 1.11 bits per heavy atom. The van der Waals surface area contributed by atoms with Crippen LogP contribution < -0.4 is 11.1 Å². The highest BCUT2D eigenvalue weighted by molar-refractivity contribution is 5.94. The molecule has 2 aromatic carbocycles. The fourth-order valence-electron chi connectivity index (χ4n) is 2.23. The highest BCUT2D eigenvalue weighted by Gasteiger charge is 2.08. The molecule has 3 heteroatoms. The molecule has 19 heavy (non-hydrogen) atoms. The molecule has 0 spiro atoms. The summed E-state index contributed by atoms with van der Waals surface area (Å²) < 4.78 is 0. The molecule has 0 saturated heterocycles. The van der Waals surface area contributed by atoms with E-state index in [0.717, 1.165) is 36.6 Å². The highest BCUT2D eigenvalue weighted by Crippen LogP contribution is 2.23. The predicted octanol–water partition coefficient (Wildman–Crippen LogP) is 2.95. The van der Waals surface area contributed by atoms with Gasteiger partial charge in [-0.25, -0.2) is 0 Å². The van der Waals surface area contributed by atoms with Gasteiger partial charge in [-0.3, -0.25) is 0 Å². The average Bonchev–Trinajstić information content (AvgIpc) is 2.46. The summed E-state index contributed by atoms with van der Waals surface area (Å²) in [6.07, 6.45) is 3.74. The largest absolute Gasteiger partial charge is 0.375 e. The molecule has 3 N–H and O–H groups in total. The van der Waals surface area contributed by atoms with Crippen LogP contribution in [0.1, 0.15) is 19.3 Å². The second kappa shape index (κ2) is 6.90. The number of carbonyl (C=O) groups is 1. The van der Waals surface area contributed by atoms with E-state index in [2.05, 4.69) is 23.5 Å². The van der Waals surface area contributed by atoms with E-state index in [0.29, 0.717) is 6.54 Å². The van der Waals surface area contributed by atoms with E-state index in [1.165, 1.54) is 5.39 Å². The third-order valence-corrected chi connectivity index (χ3v) is 3.26. The minimum Gasteiger partial charge on any atom is -0.375 e. The zero-order chi connectivity index (χ0) is 13.5. The molecular formula is C16H20N2O. The molecule has 0 aromatic heterocycles. The lowest BCUT2D eigenvalue weighted by atomic mass is 10.1. The van der Waals surface area contributed by atoms with E-state index >= 15 is 0 Å². The maximum absolute atomic E-state index is 11.1. The van der Waals surface area contributed by atoms with Crippen LogP contribution in [0.25, 0.3) is 10.8 Å². The molecule has 2 rings (SSSR count). The Kier molecular flexibility index (Phi) is 4.93. The summed E-state index contributed by atoms with van der Waals surface area (Å²) in [5.41, 5.74) is 6.49. The number of unbranched alkanes of at least 4 members (excludes halogenated alkanes) is 1. The third-order valence-electron chi connectivity index (χ3n) is 3.26. The number of carbonyl (C=O) groups excluding carboxylic acids is 1.